The average Bonchev–Trinajstić information content (AvgIpc) is 2.48. The molecule has 1 heterocycles. The number of rotatable bonds is 6. The summed E-state index contributed by atoms with van der Waals surface area (Å²) in [6.45, 7) is 3.90. The van der Waals surface area contributed by atoms with Gasteiger partial charge in [0, 0.05) is 13.6 Å². The lowest BCUT2D eigenvalue weighted by molar-refractivity contribution is -0.384. The van der Waals surface area contributed by atoms with Crippen LogP contribution in [-0.4, -0.2) is 32.5 Å². The molecule has 0 spiro atoms. The van der Waals surface area contributed by atoms with Crippen LogP contribution in [0.2, 0.25) is 0 Å². The van der Waals surface area contributed by atoms with Crippen molar-refractivity contribution in [3.8, 4) is 0 Å². The van der Waals surface area contributed by atoms with Gasteiger partial charge in [-0.25, -0.2) is 4.68 Å². The van der Waals surface area contributed by atoms with E-state index in [2.05, 4.69) is 10.4 Å². The first-order valence-corrected chi connectivity index (χ1v) is 5.53. The Hall–Kier alpha value is -1.63. The van der Waals surface area contributed by atoms with Crippen molar-refractivity contribution in [3.63, 3.8) is 0 Å². The number of nitro groups is 1. The van der Waals surface area contributed by atoms with Crippen LogP contribution in [0.5, 0.6) is 0 Å². The van der Waals surface area contributed by atoms with Gasteiger partial charge in [-0.1, -0.05) is 0 Å². The second-order valence-corrected chi connectivity index (χ2v) is 4.08. The van der Waals surface area contributed by atoms with Gasteiger partial charge in [0.25, 0.3) is 0 Å². The maximum atomic E-state index is 10.9. The molecular formula is C10H18N4O3. The Morgan fingerprint density at radius 2 is 2.29 bits per heavy atom. The first-order valence-electron chi connectivity index (χ1n) is 5.53. The second kappa shape index (κ2) is 5.62. The molecule has 7 nitrogen and oxygen atoms in total. The van der Waals surface area contributed by atoms with Gasteiger partial charge < -0.3 is 10.4 Å². The molecule has 2 N–H and O–H groups in total. The largest absolute Gasteiger partial charge is 0.393 e. The Labute approximate surface area is 99.6 Å². The van der Waals surface area contributed by atoms with Crippen LogP contribution in [0, 0.1) is 17.0 Å². The molecule has 0 aliphatic rings. The van der Waals surface area contributed by atoms with Crippen LogP contribution in [0.3, 0.4) is 0 Å². The van der Waals surface area contributed by atoms with Gasteiger partial charge in [-0.3, -0.25) is 10.1 Å². The van der Waals surface area contributed by atoms with E-state index >= 15 is 0 Å². The molecule has 0 fully saturated rings. The highest BCUT2D eigenvalue weighted by Crippen LogP contribution is 2.27. The highest BCUT2D eigenvalue weighted by Gasteiger charge is 2.23. The summed E-state index contributed by atoms with van der Waals surface area (Å²) in [7, 11) is 1.66. The van der Waals surface area contributed by atoms with Gasteiger partial charge in [0.1, 0.15) is 5.69 Å². The Bertz CT molecular complexity index is 401. The number of nitrogens with one attached hydrogen (secondary N) is 1. The molecule has 0 saturated carbocycles. The Balaban J connectivity index is 2.67. The van der Waals surface area contributed by atoms with Gasteiger partial charge in [-0.2, -0.15) is 5.10 Å². The molecule has 0 aliphatic carbocycles. The molecule has 1 atom stereocenters. The number of aryl methyl sites for hydroxylation is 2. The van der Waals surface area contributed by atoms with Gasteiger partial charge >= 0.3 is 5.69 Å². The molecule has 0 radical (unpaired) electrons. The third kappa shape index (κ3) is 3.42. The molecular weight excluding hydrogens is 224 g/mol. The molecule has 7 heteroatoms. The molecule has 1 rings (SSSR count). The predicted molar refractivity (Wildman–Crippen MR) is 64.0 cm³/mol. The third-order valence-corrected chi connectivity index (χ3v) is 2.46. The number of aliphatic hydroxyl groups excluding tert-OH is 1. The van der Waals surface area contributed by atoms with Crippen molar-refractivity contribution in [3.05, 3.63) is 15.8 Å². The molecule has 17 heavy (non-hydrogen) atoms. The van der Waals surface area contributed by atoms with Crippen molar-refractivity contribution < 1.29 is 10.0 Å². The molecule has 1 unspecified atom stereocenters. The Morgan fingerprint density at radius 3 is 2.82 bits per heavy atom. The van der Waals surface area contributed by atoms with Crippen LogP contribution in [0.25, 0.3) is 0 Å². The number of nitrogens with zero attached hydrogens (tertiary/aromatic N) is 3. The zero-order valence-electron chi connectivity index (χ0n) is 10.3. The van der Waals surface area contributed by atoms with Crippen LogP contribution in [0.15, 0.2) is 0 Å². The monoisotopic (exact) mass is 242 g/mol. The van der Waals surface area contributed by atoms with E-state index in [0.29, 0.717) is 24.5 Å². The van der Waals surface area contributed by atoms with E-state index in [0.717, 1.165) is 6.42 Å². The second-order valence-electron chi connectivity index (χ2n) is 4.08. The molecule has 96 valence electrons. The van der Waals surface area contributed by atoms with Crippen molar-refractivity contribution >= 4 is 11.5 Å². The van der Waals surface area contributed by atoms with Crippen molar-refractivity contribution in [2.24, 2.45) is 7.05 Å². The summed E-state index contributed by atoms with van der Waals surface area (Å²) in [5, 5.41) is 27.0. The maximum absolute atomic E-state index is 10.9. The van der Waals surface area contributed by atoms with Crippen LogP contribution in [-0.2, 0) is 7.05 Å². The standard InChI is InChI=1S/C10H18N4O3/c1-7(15)5-4-6-11-10-9(14(16)17)8(2)12-13(10)3/h7,11,15H,4-6H2,1-3H3. The first-order chi connectivity index (χ1) is 7.93. The van der Waals surface area contributed by atoms with Crippen molar-refractivity contribution in [2.75, 3.05) is 11.9 Å². The molecule has 1 aromatic heterocycles. The topological polar surface area (TPSA) is 93.2 Å². The van der Waals surface area contributed by atoms with Crippen LogP contribution >= 0.6 is 0 Å². The Morgan fingerprint density at radius 1 is 1.65 bits per heavy atom. The van der Waals surface area contributed by atoms with Gasteiger partial charge in [0.05, 0.1) is 11.0 Å². The summed E-state index contributed by atoms with van der Waals surface area (Å²) in [6, 6.07) is 0. The van der Waals surface area contributed by atoms with E-state index in [1.165, 1.54) is 4.68 Å². The number of aromatic nitrogens is 2. The fourth-order valence-electron chi connectivity index (χ4n) is 1.67. The highest BCUT2D eigenvalue weighted by molar-refractivity contribution is 5.59. The minimum absolute atomic E-state index is 0.0181. The maximum Gasteiger partial charge on any atom is 0.333 e. The van der Waals surface area contributed by atoms with Crippen molar-refractivity contribution in [1.29, 1.82) is 0 Å². The summed E-state index contributed by atoms with van der Waals surface area (Å²) < 4.78 is 1.47. The van der Waals surface area contributed by atoms with E-state index in [9.17, 15) is 10.1 Å². The lowest BCUT2D eigenvalue weighted by Crippen LogP contribution is -2.10. The normalized spacial score (nSPS) is 12.5. The van der Waals surface area contributed by atoms with Gasteiger partial charge in [0.2, 0.25) is 5.82 Å². The quantitative estimate of drug-likeness (QED) is 0.444. The zero-order chi connectivity index (χ0) is 13.0. The van der Waals surface area contributed by atoms with Crippen molar-refractivity contribution in [2.45, 2.75) is 32.8 Å². The van der Waals surface area contributed by atoms with E-state index in [1.54, 1.807) is 20.9 Å². The fourth-order valence-corrected chi connectivity index (χ4v) is 1.67. The van der Waals surface area contributed by atoms with E-state index < -0.39 is 4.92 Å². The number of anilines is 1. The van der Waals surface area contributed by atoms with Crippen molar-refractivity contribution in [1.82, 2.24) is 9.78 Å². The van der Waals surface area contributed by atoms with E-state index in [1.807, 2.05) is 0 Å². The summed E-state index contributed by atoms with van der Waals surface area (Å²) in [5.74, 6) is 0.415. The zero-order valence-corrected chi connectivity index (χ0v) is 10.3. The van der Waals surface area contributed by atoms with Crippen LogP contribution in [0.1, 0.15) is 25.5 Å². The minimum atomic E-state index is -0.431. The number of hydrogen-bond acceptors (Lipinski definition) is 5. The average molecular weight is 242 g/mol. The molecule has 0 aliphatic heterocycles. The summed E-state index contributed by atoms with van der Waals surface area (Å²) in [4.78, 5) is 10.4. The van der Waals surface area contributed by atoms with Gasteiger partial charge in [-0.05, 0) is 26.7 Å². The van der Waals surface area contributed by atoms with E-state index in [-0.39, 0.29) is 11.8 Å². The summed E-state index contributed by atoms with van der Waals surface area (Å²) in [5.41, 5.74) is 0.417. The molecule has 0 saturated heterocycles. The lowest BCUT2D eigenvalue weighted by atomic mass is 10.2. The summed E-state index contributed by atoms with van der Waals surface area (Å²) >= 11 is 0. The molecule has 0 aromatic carbocycles. The molecule has 0 bridgehead atoms. The third-order valence-electron chi connectivity index (χ3n) is 2.46. The SMILES string of the molecule is Cc1nn(C)c(NCCCC(C)O)c1[N+](=O)[O-]. The molecule has 0 amide bonds. The Kier molecular flexibility index (Phi) is 4.45. The summed E-state index contributed by atoms with van der Waals surface area (Å²) in [6.07, 6.45) is 1.07. The first kappa shape index (κ1) is 13.4. The lowest BCUT2D eigenvalue weighted by Gasteiger charge is -2.07. The van der Waals surface area contributed by atoms with Crippen LogP contribution < -0.4 is 5.32 Å². The number of aliphatic hydroxyl groups is 1. The highest BCUT2D eigenvalue weighted by atomic mass is 16.6. The fraction of sp³-hybridized carbons (Fsp3) is 0.700. The number of hydrogen-bond donors (Lipinski definition) is 2. The smallest absolute Gasteiger partial charge is 0.333 e. The van der Waals surface area contributed by atoms with Gasteiger partial charge in [0.15, 0.2) is 0 Å². The predicted octanol–water partition coefficient (Wildman–Crippen LogP) is 1.21. The van der Waals surface area contributed by atoms with Gasteiger partial charge in [-0.15, -0.1) is 0 Å². The van der Waals surface area contributed by atoms with E-state index in [4.69, 9.17) is 5.11 Å². The minimum Gasteiger partial charge on any atom is -0.393 e. The van der Waals surface area contributed by atoms with Crippen LogP contribution in [0.4, 0.5) is 11.5 Å². The molecule has 1 aromatic rings.